The normalized spacial score (nSPS) is 10.3. The number of hydrogen-bond acceptors (Lipinski definition) is 2. The van der Waals surface area contributed by atoms with E-state index in [0.29, 0.717) is 0 Å². The molecule has 1 N–H and O–H groups in total. The first-order valence-corrected chi connectivity index (χ1v) is 4.96. The molecule has 3 nitrogen and oxygen atoms in total. The summed E-state index contributed by atoms with van der Waals surface area (Å²) in [6, 6.07) is 9.41. The second-order valence-electron chi connectivity index (χ2n) is 3.94. The van der Waals surface area contributed by atoms with Crippen molar-refractivity contribution in [3.8, 4) is 5.92 Å². The van der Waals surface area contributed by atoms with Gasteiger partial charge in [-0.25, -0.2) is 4.79 Å². The molecule has 0 spiro atoms. The van der Waals surface area contributed by atoms with E-state index in [1.54, 1.807) is 13.8 Å². The molecule has 0 heterocycles. The van der Waals surface area contributed by atoms with Gasteiger partial charge in [0.1, 0.15) is 6.61 Å². The number of amides is 1. The fraction of sp³-hybridized carbons (Fsp3) is 0.308. The minimum absolute atomic E-state index is 0.223. The van der Waals surface area contributed by atoms with Crippen molar-refractivity contribution >= 4 is 6.09 Å². The summed E-state index contributed by atoms with van der Waals surface area (Å²) in [5, 5.41) is 2.52. The zero-order chi connectivity index (χ0) is 12.0. The number of rotatable bonds is 3. The Morgan fingerprint density at radius 2 is 2.06 bits per heavy atom. The molecule has 1 aromatic rings. The van der Waals surface area contributed by atoms with Gasteiger partial charge in [-0.2, -0.15) is 0 Å². The first-order valence-electron chi connectivity index (χ1n) is 4.96. The van der Waals surface area contributed by atoms with Gasteiger partial charge in [0.05, 0.1) is 5.54 Å². The van der Waals surface area contributed by atoms with Gasteiger partial charge in [0.25, 0.3) is 0 Å². The summed E-state index contributed by atoms with van der Waals surface area (Å²) in [5.41, 5.74) is 0.127. The van der Waals surface area contributed by atoms with Crippen LogP contribution in [0.25, 0.3) is 0 Å². The highest BCUT2D eigenvalue weighted by molar-refractivity contribution is 5.68. The Morgan fingerprint density at radius 3 is 2.62 bits per heavy atom. The van der Waals surface area contributed by atoms with E-state index in [9.17, 15) is 4.79 Å². The highest BCUT2D eigenvalue weighted by Gasteiger charge is 2.17. The Balaban J connectivity index is 2.40. The van der Waals surface area contributed by atoms with E-state index in [-0.39, 0.29) is 6.61 Å². The maximum atomic E-state index is 11.3. The van der Waals surface area contributed by atoms with Crippen LogP contribution in [-0.2, 0) is 11.3 Å². The van der Waals surface area contributed by atoms with Crippen LogP contribution in [0.5, 0.6) is 0 Å². The lowest BCUT2D eigenvalue weighted by atomic mass is 10.1. The summed E-state index contributed by atoms with van der Waals surface area (Å²) >= 11 is 0. The van der Waals surface area contributed by atoms with E-state index in [1.165, 1.54) is 0 Å². The number of carbonyl (C=O) groups is 1. The molecule has 0 atom stereocenters. The maximum Gasteiger partial charge on any atom is 0.408 e. The quantitative estimate of drug-likeness (QED) is 0.787. The molecule has 0 aromatic heterocycles. The maximum absolute atomic E-state index is 11.3. The van der Waals surface area contributed by atoms with E-state index in [4.69, 9.17) is 11.2 Å². The van der Waals surface area contributed by atoms with Crippen LogP contribution in [0.2, 0.25) is 0 Å². The molecule has 0 aliphatic rings. The largest absolute Gasteiger partial charge is 0.445 e. The van der Waals surface area contributed by atoms with Crippen molar-refractivity contribution in [3.05, 3.63) is 42.3 Å². The highest BCUT2D eigenvalue weighted by Crippen LogP contribution is 2.03. The van der Waals surface area contributed by atoms with E-state index < -0.39 is 11.6 Å². The Hall–Kier alpha value is -1.95. The van der Waals surface area contributed by atoms with Crippen LogP contribution in [0.1, 0.15) is 19.4 Å². The second kappa shape index (κ2) is 5.22. The van der Waals surface area contributed by atoms with Crippen LogP contribution >= 0.6 is 0 Å². The van der Waals surface area contributed by atoms with Crippen molar-refractivity contribution in [2.45, 2.75) is 26.0 Å². The highest BCUT2D eigenvalue weighted by atomic mass is 16.5. The average Bonchev–Trinajstić information content (AvgIpc) is 2.27. The average molecular weight is 216 g/mol. The van der Waals surface area contributed by atoms with Crippen molar-refractivity contribution in [2.24, 2.45) is 0 Å². The third-order valence-electron chi connectivity index (χ3n) is 1.94. The molecule has 0 unspecified atom stereocenters. The minimum atomic E-state index is -0.798. The fourth-order valence-corrected chi connectivity index (χ4v) is 1.05. The first kappa shape index (κ1) is 12.1. The van der Waals surface area contributed by atoms with Crippen molar-refractivity contribution < 1.29 is 9.53 Å². The van der Waals surface area contributed by atoms with Gasteiger partial charge in [0.2, 0.25) is 0 Å². The molecule has 0 bridgehead atoms. The lowest BCUT2D eigenvalue weighted by Gasteiger charge is -2.18. The zero-order valence-electron chi connectivity index (χ0n) is 9.41. The molecule has 0 saturated carbocycles. The summed E-state index contributed by atoms with van der Waals surface area (Å²) in [7, 11) is 0. The van der Waals surface area contributed by atoms with Crippen molar-refractivity contribution in [3.63, 3.8) is 0 Å². The summed E-state index contributed by atoms with van der Waals surface area (Å²) in [6.07, 6.45) is 6.43. The van der Waals surface area contributed by atoms with Crippen LogP contribution in [0.15, 0.2) is 30.3 Å². The van der Waals surface area contributed by atoms with E-state index in [1.807, 2.05) is 30.3 Å². The molecule has 83 valence electrons. The van der Waals surface area contributed by atoms with Crippen molar-refractivity contribution in [1.29, 1.82) is 0 Å². The SMILES string of the molecule is [C]#CC(C)(C)NC(=O)OCc1ccccc1. The lowest BCUT2D eigenvalue weighted by Crippen LogP contribution is -2.42. The lowest BCUT2D eigenvalue weighted by molar-refractivity contribution is 0.134. The van der Waals surface area contributed by atoms with E-state index >= 15 is 0 Å². The molecular weight excluding hydrogens is 202 g/mol. The van der Waals surface area contributed by atoms with Gasteiger partial charge in [-0.3, -0.25) is 0 Å². The summed E-state index contributed by atoms with van der Waals surface area (Å²) in [6.45, 7) is 3.56. The Labute approximate surface area is 95.8 Å². The van der Waals surface area contributed by atoms with Crippen molar-refractivity contribution in [1.82, 2.24) is 5.32 Å². The number of alkyl carbamates (subject to hydrolysis) is 1. The third-order valence-corrected chi connectivity index (χ3v) is 1.94. The summed E-state index contributed by atoms with van der Waals surface area (Å²) < 4.78 is 4.99. The van der Waals surface area contributed by atoms with Gasteiger partial charge >= 0.3 is 6.09 Å². The Bertz CT molecular complexity index is 390. The van der Waals surface area contributed by atoms with E-state index in [2.05, 4.69) is 11.2 Å². The van der Waals surface area contributed by atoms with Crippen LogP contribution < -0.4 is 5.32 Å². The standard InChI is InChI=1S/C13H14NO2/c1-4-13(2,3)14-12(15)16-10-11-8-6-5-7-9-11/h5-9H,10H2,2-3H3,(H,14,15). The molecule has 3 heteroatoms. The first-order chi connectivity index (χ1) is 7.53. The zero-order valence-corrected chi connectivity index (χ0v) is 9.41. The van der Waals surface area contributed by atoms with Gasteiger partial charge < -0.3 is 10.1 Å². The molecule has 1 radical (unpaired) electrons. The predicted octanol–water partition coefficient (Wildman–Crippen LogP) is 2.28. The minimum Gasteiger partial charge on any atom is -0.445 e. The van der Waals surface area contributed by atoms with Gasteiger partial charge in [0, 0.05) is 0 Å². The predicted molar refractivity (Wildman–Crippen MR) is 61.0 cm³/mol. The molecular formula is C13H14NO2. The molecule has 1 rings (SSSR count). The third kappa shape index (κ3) is 4.05. The van der Waals surface area contributed by atoms with E-state index in [0.717, 1.165) is 5.56 Å². The molecule has 0 aliphatic heterocycles. The molecule has 16 heavy (non-hydrogen) atoms. The number of hydrogen-bond donors (Lipinski definition) is 1. The fourth-order valence-electron chi connectivity index (χ4n) is 1.05. The number of nitrogens with one attached hydrogen (secondary N) is 1. The second-order valence-corrected chi connectivity index (χ2v) is 3.94. The van der Waals surface area contributed by atoms with Gasteiger partial charge in [-0.15, -0.1) is 0 Å². The van der Waals surface area contributed by atoms with Crippen molar-refractivity contribution in [2.75, 3.05) is 0 Å². The summed E-state index contributed by atoms with van der Waals surface area (Å²) in [4.78, 5) is 11.3. The van der Waals surface area contributed by atoms with Gasteiger partial charge in [-0.1, -0.05) is 36.3 Å². The van der Waals surface area contributed by atoms with Crippen LogP contribution in [0, 0.1) is 12.3 Å². The molecule has 1 aromatic carbocycles. The monoisotopic (exact) mass is 216 g/mol. The van der Waals surface area contributed by atoms with Crippen LogP contribution in [0.3, 0.4) is 0 Å². The topological polar surface area (TPSA) is 38.3 Å². The van der Waals surface area contributed by atoms with Gasteiger partial charge in [-0.05, 0) is 25.8 Å². The molecule has 1 amide bonds. The molecule has 0 aliphatic carbocycles. The number of ether oxygens (including phenoxy) is 1. The van der Waals surface area contributed by atoms with Gasteiger partial charge in [0.15, 0.2) is 0 Å². The molecule has 0 fully saturated rings. The number of benzene rings is 1. The summed E-state index contributed by atoms with van der Waals surface area (Å²) in [5.74, 6) is 2.21. The number of carbonyl (C=O) groups excluding carboxylic acids is 1. The smallest absolute Gasteiger partial charge is 0.408 e. The van der Waals surface area contributed by atoms with Crippen LogP contribution in [0.4, 0.5) is 4.79 Å². The van der Waals surface area contributed by atoms with Crippen LogP contribution in [-0.4, -0.2) is 11.6 Å². The Morgan fingerprint density at radius 1 is 1.44 bits per heavy atom. The Kier molecular flexibility index (Phi) is 3.96. The molecule has 0 saturated heterocycles.